The predicted octanol–water partition coefficient (Wildman–Crippen LogP) is 4.84. The molecular weight excluding hydrogens is 336 g/mol. The molecule has 0 saturated heterocycles. The molecule has 1 N–H and O–H groups in total. The summed E-state index contributed by atoms with van der Waals surface area (Å²) in [6.07, 6.45) is 6.14. The van der Waals surface area contributed by atoms with Crippen LogP contribution >= 0.6 is 0 Å². The lowest BCUT2D eigenvalue weighted by Crippen LogP contribution is -2.08. The number of nitriles is 1. The summed E-state index contributed by atoms with van der Waals surface area (Å²) < 4.78 is 5.71. The summed E-state index contributed by atoms with van der Waals surface area (Å²) in [6, 6.07) is 15.6. The van der Waals surface area contributed by atoms with Gasteiger partial charge in [-0.1, -0.05) is 43.3 Å². The lowest BCUT2D eigenvalue weighted by atomic mass is 9.99. The van der Waals surface area contributed by atoms with Crippen molar-refractivity contribution in [3.8, 4) is 11.8 Å². The Labute approximate surface area is 157 Å². The topological polar surface area (TPSA) is 65.9 Å². The lowest BCUT2D eigenvalue weighted by molar-refractivity contribution is 0.104. The van der Waals surface area contributed by atoms with Crippen molar-refractivity contribution in [1.82, 2.24) is 4.98 Å². The van der Waals surface area contributed by atoms with Gasteiger partial charge in [0.15, 0.2) is 0 Å². The molecule has 4 heteroatoms. The number of carbonyl (C=O) groups excluding carboxylic acids is 1. The Morgan fingerprint density at radius 2 is 2.11 bits per heavy atom. The second-order valence-corrected chi connectivity index (χ2v) is 6.44. The molecule has 0 fully saturated rings. The number of rotatable bonds is 4. The highest BCUT2D eigenvalue weighted by Crippen LogP contribution is 2.28. The van der Waals surface area contributed by atoms with E-state index in [-0.39, 0.29) is 11.4 Å². The molecule has 0 radical (unpaired) electrons. The summed E-state index contributed by atoms with van der Waals surface area (Å²) in [5.41, 5.74) is 4.47. The minimum Gasteiger partial charge on any atom is -0.488 e. The number of carbonyl (C=O) groups is 1. The van der Waals surface area contributed by atoms with E-state index in [1.165, 1.54) is 0 Å². The van der Waals surface area contributed by atoms with E-state index in [0.717, 1.165) is 39.8 Å². The normalized spacial score (nSPS) is 13.5. The van der Waals surface area contributed by atoms with E-state index in [2.05, 4.69) is 18.0 Å². The molecule has 0 spiro atoms. The first-order valence-corrected chi connectivity index (χ1v) is 8.89. The van der Waals surface area contributed by atoms with Gasteiger partial charge in [-0.3, -0.25) is 4.79 Å². The Kier molecular flexibility index (Phi) is 4.35. The molecule has 27 heavy (non-hydrogen) atoms. The van der Waals surface area contributed by atoms with Gasteiger partial charge in [0.25, 0.3) is 0 Å². The predicted molar refractivity (Wildman–Crippen MR) is 106 cm³/mol. The average Bonchev–Trinajstić information content (AvgIpc) is 3.15. The number of nitrogens with one attached hydrogen (secondary N) is 1. The van der Waals surface area contributed by atoms with Crippen LogP contribution in [0.15, 0.2) is 65.9 Å². The molecule has 4 rings (SSSR count). The number of ketones is 1. The maximum Gasteiger partial charge on any atom is 0.205 e. The number of allylic oxidation sites excluding steroid dienone is 1. The van der Waals surface area contributed by atoms with Crippen LogP contribution in [0.2, 0.25) is 0 Å². The van der Waals surface area contributed by atoms with E-state index in [9.17, 15) is 10.1 Å². The third-order valence-corrected chi connectivity index (χ3v) is 4.78. The zero-order valence-electron chi connectivity index (χ0n) is 15.0. The van der Waals surface area contributed by atoms with Crippen LogP contribution < -0.4 is 4.74 Å². The highest BCUT2D eigenvalue weighted by Gasteiger charge is 2.19. The van der Waals surface area contributed by atoms with Gasteiger partial charge in [-0.05, 0) is 35.8 Å². The summed E-state index contributed by atoms with van der Waals surface area (Å²) in [4.78, 5) is 16.2. The number of ether oxygens (including phenoxy) is 1. The number of Topliss-reactive ketones (excluding diaryl/α,β-unsaturated/α-hetero) is 1. The second-order valence-electron chi connectivity index (χ2n) is 6.44. The fourth-order valence-corrected chi connectivity index (χ4v) is 3.40. The smallest absolute Gasteiger partial charge is 0.205 e. The van der Waals surface area contributed by atoms with Crippen LogP contribution in [0.5, 0.6) is 5.75 Å². The summed E-state index contributed by atoms with van der Waals surface area (Å²) >= 11 is 0. The quantitative estimate of drug-likeness (QED) is 0.414. The molecule has 0 atom stereocenters. The molecule has 0 aliphatic carbocycles. The van der Waals surface area contributed by atoms with Crippen molar-refractivity contribution in [2.24, 2.45) is 0 Å². The van der Waals surface area contributed by atoms with E-state index in [1.54, 1.807) is 12.3 Å². The molecular formula is C23H18N2O2. The van der Waals surface area contributed by atoms with E-state index in [4.69, 9.17) is 4.74 Å². The first kappa shape index (κ1) is 16.9. The maximum absolute atomic E-state index is 13.0. The fraction of sp³-hybridized carbons (Fsp3) is 0.130. The van der Waals surface area contributed by atoms with Crippen molar-refractivity contribution in [1.29, 1.82) is 5.26 Å². The Hall–Kier alpha value is -3.58. The minimum absolute atomic E-state index is 0.104. The van der Waals surface area contributed by atoms with Gasteiger partial charge in [-0.25, -0.2) is 0 Å². The van der Waals surface area contributed by atoms with E-state index in [1.807, 2.05) is 48.5 Å². The van der Waals surface area contributed by atoms with E-state index >= 15 is 0 Å². The number of nitrogens with zero attached hydrogens (tertiary/aromatic N) is 1. The standard InChI is InChI=1S/C23H18N2O2/c1-2-16-7-5-8-19-20(13-25-22(16)19)23(26)18(12-24)11-15-10-17-6-3-4-9-21(17)27-14-15/h3-11,13,25H,2,14H2,1H3/b18-11-. The summed E-state index contributed by atoms with van der Waals surface area (Å²) in [5, 5.41) is 10.4. The van der Waals surface area contributed by atoms with Gasteiger partial charge in [0, 0.05) is 28.2 Å². The van der Waals surface area contributed by atoms with Gasteiger partial charge in [0.2, 0.25) is 5.78 Å². The molecule has 132 valence electrons. The van der Waals surface area contributed by atoms with E-state index < -0.39 is 0 Å². The molecule has 0 amide bonds. The number of aryl methyl sites for hydroxylation is 1. The molecule has 0 saturated carbocycles. The summed E-state index contributed by atoms with van der Waals surface area (Å²) in [7, 11) is 0. The van der Waals surface area contributed by atoms with Gasteiger partial charge >= 0.3 is 0 Å². The van der Waals surface area contributed by atoms with Crippen LogP contribution in [-0.4, -0.2) is 17.4 Å². The van der Waals surface area contributed by atoms with Crippen LogP contribution in [0.1, 0.15) is 28.4 Å². The second kappa shape index (κ2) is 6.97. The number of hydrogen-bond donors (Lipinski definition) is 1. The third-order valence-electron chi connectivity index (χ3n) is 4.78. The molecule has 2 aromatic carbocycles. The largest absolute Gasteiger partial charge is 0.488 e. The molecule has 1 aliphatic heterocycles. The Bertz CT molecular complexity index is 1140. The number of H-pyrrole nitrogens is 1. The summed E-state index contributed by atoms with van der Waals surface area (Å²) in [6.45, 7) is 2.41. The van der Waals surface area contributed by atoms with Gasteiger partial charge in [-0.2, -0.15) is 5.26 Å². The molecule has 1 aliphatic rings. The monoisotopic (exact) mass is 354 g/mol. The van der Waals surface area contributed by atoms with Crippen molar-refractivity contribution in [2.75, 3.05) is 6.61 Å². The molecule has 0 bridgehead atoms. The van der Waals surface area contributed by atoms with Gasteiger partial charge in [0.05, 0.1) is 0 Å². The van der Waals surface area contributed by atoms with Crippen LogP contribution in [0, 0.1) is 11.3 Å². The number of aromatic amines is 1. The number of fused-ring (bicyclic) bond motifs is 2. The Morgan fingerprint density at radius 3 is 2.93 bits per heavy atom. The fourth-order valence-electron chi connectivity index (χ4n) is 3.40. The highest BCUT2D eigenvalue weighted by atomic mass is 16.5. The van der Waals surface area contributed by atoms with Crippen molar-refractivity contribution in [2.45, 2.75) is 13.3 Å². The lowest BCUT2D eigenvalue weighted by Gasteiger charge is -2.15. The van der Waals surface area contributed by atoms with Crippen LogP contribution in [-0.2, 0) is 6.42 Å². The van der Waals surface area contributed by atoms with Crippen LogP contribution in [0.3, 0.4) is 0 Å². The Morgan fingerprint density at radius 1 is 1.26 bits per heavy atom. The number of benzene rings is 2. The zero-order valence-corrected chi connectivity index (χ0v) is 15.0. The van der Waals surface area contributed by atoms with Gasteiger partial charge in [0.1, 0.15) is 24.0 Å². The number of hydrogen-bond acceptors (Lipinski definition) is 3. The average molecular weight is 354 g/mol. The van der Waals surface area contributed by atoms with Crippen molar-refractivity contribution in [3.63, 3.8) is 0 Å². The molecule has 4 nitrogen and oxygen atoms in total. The Balaban J connectivity index is 1.72. The van der Waals surface area contributed by atoms with Crippen molar-refractivity contribution >= 4 is 22.8 Å². The SMILES string of the molecule is CCc1cccc2c(C(=O)/C(C#N)=C\C3=Cc4ccccc4OC3)c[nH]c12. The molecule has 2 heterocycles. The van der Waals surface area contributed by atoms with Crippen LogP contribution in [0.4, 0.5) is 0 Å². The molecule has 0 unspecified atom stereocenters. The van der Waals surface area contributed by atoms with E-state index in [0.29, 0.717) is 12.2 Å². The number of aromatic nitrogens is 1. The van der Waals surface area contributed by atoms with Gasteiger partial charge in [-0.15, -0.1) is 0 Å². The first-order chi connectivity index (χ1) is 13.2. The van der Waals surface area contributed by atoms with Crippen molar-refractivity contribution < 1.29 is 9.53 Å². The van der Waals surface area contributed by atoms with Crippen LogP contribution in [0.25, 0.3) is 17.0 Å². The first-order valence-electron chi connectivity index (χ1n) is 8.89. The molecule has 3 aromatic rings. The summed E-state index contributed by atoms with van der Waals surface area (Å²) in [5.74, 6) is 0.528. The number of para-hydroxylation sites is 2. The third kappa shape index (κ3) is 3.04. The van der Waals surface area contributed by atoms with Crippen molar-refractivity contribution in [3.05, 3.63) is 82.6 Å². The maximum atomic E-state index is 13.0. The molecule has 1 aromatic heterocycles. The van der Waals surface area contributed by atoms with Gasteiger partial charge < -0.3 is 9.72 Å². The zero-order chi connectivity index (χ0) is 18.8. The minimum atomic E-state index is -0.281. The highest BCUT2D eigenvalue weighted by molar-refractivity contribution is 6.18.